The fourth-order valence-electron chi connectivity index (χ4n) is 1.70. The number of nitrogens with zero attached hydrogens (tertiary/aromatic N) is 2. The molecule has 0 bridgehead atoms. The molecule has 1 aromatic heterocycles. The summed E-state index contributed by atoms with van der Waals surface area (Å²) >= 11 is 0. The number of nitrogens with one attached hydrogen (secondary N) is 1. The van der Waals surface area contributed by atoms with Crippen LogP contribution in [0.3, 0.4) is 0 Å². The van der Waals surface area contributed by atoms with E-state index in [1.165, 1.54) is 5.56 Å². The Morgan fingerprint density at radius 1 is 1.11 bits per heavy atom. The van der Waals surface area contributed by atoms with Crippen molar-refractivity contribution >= 4 is 11.5 Å². The topological polar surface area (TPSA) is 37.4 Å². The molecule has 0 unspecified atom stereocenters. The highest BCUT2D eigenvalue weighted by atomic mass is 16.5. The number of anilines is 2. The van der Waals surface area contributed by atoms with Crippen molar-refractivity contribution in [2.45, 2.75) is 6.54 Å². The molecule has 4 nitrogen and oxygen atoms in total. The summed E-state index contributed by atoms with van der Waals surface area (Å²) in [6.07, 6.45) is 1.85. The highest BCUT2D eigenvalue weighted by Crippen LogP contribution is 2.15. The van der Waals surface area contributed by atoms with Crippen LogP contribution in [0.15, 0.2) is 42.6 Å². The average Bonchev–Trinajstić information content (AvgIpc) is 2.46. The molecule has 0 aliphatic carbocycles. The summed E-state index contributed by atoms with van der Waals surface area (Å²) in [5.41, 5.74) is 2.22. The van der Waals surface area contributed by atoms with Crippen molar-refractivity contribution in [2.24, 2.45) is 0 Å². The van der Waals surface area contributed by atoms with E-state index in [2.05, 4.69) is 10.3 Å². The van der Waals surface area contributed by atoms with E-state index in [-0.39, 0.29) is 0 Å². The van der Waals surface area contributed by atoms with E-state index in [1.54, 1.807) is 7.11 Å². The van der Waals surface area contributed by atoms with Gasteiger partial charge in [0.2, 0.25) is 0 Å². The van der Waals surface area contributed by atoms with Crippen molar-refractivity contribution in [3.8, 4) is 5.75 Å². The molecule has 19 heavy (non-hydrogen) atoms. The third-order valence-electron chi connectivity index (χ3n) is 2.86. The molecule has 0 aliphatic heterocycles. The Hall–Kier alpha value is -2.23. The molecule has 100 valence electrons. The van der Waals surface area contributed by atoms with Crippen LogP contribution in [0.25, 0.3) is 0 Å². The van der Waals surface area contributed by atoms with Crippen LogP contribution in [0.4, 0.5) is 11.5 Å². The number of hydrogen-bond donors (Lipinski definition) is 1. The summed E-state index contributed by atoms with van der Waals surface area (Å²) < 4.78 is 5.13. The first kappa shape index (κ1) is 13.2. The van der Waals surface area contributed by atoms with Gasteiger partial charge in [-0.2, -0.15) is 0 Å². The number of ether oxygens (including phenoxy) is 1. The minimum atomic E-state index is 0.771. The maximum absolute atomic E-state index is 5.13. The lowest BCUT2D eigenvalue weighted by Gasteiger charge is -2.12. The summed E-state index contributed by atoms with van der Waals surface area (Å²) in [4.78, 5) is 6.34. The Bertz CT molecular complexity index is 506. The third kappa shape index (κ3) is 3.61. The quantitative estimate of drug-likeness (QED) is 0.893. The number of rotatable bonds is 5. The van der Waals surface area contributed by atoms with Crippen LogP contribution in [0.5, 0.6) is 5.75 Å². The maximum Gasteiger partial charge on any atom is 0.128 e. The lowest BCUT2D eigenvalue weighted by molar-refractivity contribution is 0.414. The van der Waals surface area contributed by atoms with Gasteiger partial charge in [0.1, 0.15) is 11.6 Å². The molecule has 0 saturated carbocycles. The second-order valence-corrected chi connectivity index (χ2v) is 4.50. The molecule has 0 amide bonds. The third-order valence-corrected chi connectivity index (χ3v) is 2.86. The zero-order chi connectivity index (χ0) is 13.7. The fraction of sp³-hybridized carbons (Fsp3) is 0.267. The van der Waals surface area contributed by atoms with Gasteiger partial charge in [-0.3, -0.25) is 0 Å². The molecule has 4 heteroatoms. The van der Waals surface area contributed by atoms with Gasteiger partial charge in [-0.05, 0) is 29.8 Å². The average molecular weight is 257 g/mol. The van der Waals surface area contributed by atoms with Crippen LogP contribution in [-0.4, -0.2) is 26.2 Å². The van der Waals surface area contributed by atoms with Gasteiger partial charge < -0.3 is 15.0 Å². The number of benzene rings is 1. The molecule has 0 spiro atoms. The van der Waals surface area contributed by atoms with Crippen molar-refractivity contribution in [2.75, 3.05) is 31.4 Å². The molecule has 0 radical (unpaired) electrons. The van der Waals surface area contributed by atoms with Crippen LogP contribution in [0.2, 0.25) is 0 Å². The van der Waals surface area contributed by atoms with Crippen molar-refractivity contribution < 1.29 is 4.74 Å². The smallest absolute Gasteiger partial charge is 0.128 e. The zero-order valence-electron chi connectivity index (χ0n) is 11.6. The van der Waals surface area contributed by atoms with E-state index < -0.39 is 0 Å². The van der Waals surface area contributed by atoms with Crippen LogP contribution in [0, 0.1) is 0 Å². The highest BCUT2D eigenvalue weighted by Gasteiger charge is 1.98. The Balaban J connectivity index is 1.94. The molecule has 1 N–H and O–H groups in total. The number of aromatic nitrogens is 1. The Morgan fingerprint density at radius 3 is 2.37 bits per heavy atom. The molecule has 1 heterocycles. The lowest BCUT2D eigenvalue weighted by Crippen LogP contribution is -2.10. The Labute approximate surface area is 114 Å². The largest absolute Gasteiger partial charge is 0.497 e. The predicted molar refractivity (Wildman–Crippen MR) is 78.9 cm³/mol. The number of pyridine rings is 1. The first-order valence-corrected chi connectivity index (χ1v) is 6.19. The van der Waals surface area contributed by atoms with Crippen molar-refractivity contribution in [1.29, 1.82) is 0 Å². The fourth-order valence-corrected chi connectivity index (χ4v) is 1.70. The van der Waals surface area contributed by atoms with Crippen LogP contribution in [-0.2, 0) is 6.54 Å². The molecule has 0 saturated heterocycles. The number of methoxy groups -OCH3 is 1. The molecular weight excluding hydrogens is 238 g/mol. The molecular formula is C15H19N3O. The van der Waals surface area contributed by atoms with Crippen molar-refractivity contribution in [1.82, 2.24) is 4.98 Å². The van der Waals surface area contributed by atoms with Gasteiger partial charge in [-0.1, -0.05) is 12.1 Å². The minimum absolute atomic E-state index is 0.771. The molecule has 0 fully saturated rings. The SMILES string of the molecule is COc1ccc(CNc2ccc(N(C)C)nc2)cc1. The van der Waals surface area contributed by atoms with E-state index in [1.807, 2.05) is 61.6 Å². The predicted octanol–water partition coefficient (Wildman–Crippen LogP) is 2.77. The van der Waals surface area contributed by atoms with E-state index in [0.717, 1.165) is 23.8 Å². The Kier molecular flexibility index (Phi) is 4.23. The van der Waals surface area contributed by atoms with E-state index in [4.69, 9.17) is 4.74 Å². The van der Waals surface area contributed by atoms with E-state index in [9.17, 15) is 0 Å². The molecule has 2 rings (SSSR count). The van der Waals surface area contributed by atoms with Gasteiger partial charge in [0, 0.05) is 20.6 Å². The summed E-state index contributed by atoms with van der Waals surface area (Å²) in [5.74, 6) is 1.83. The van der Waals surface area contributed by atoms with Gasteiger partial charge >= 0.3 is 0 Å². The monoisotopic (exact) mass is 257 g/mol. The van der Waals surface area contributed by atoms with E-state index >= 15 is 0 Å². The van der Waals surface area contributed by atoms with Gasteiger partial charge in [-0.25, -0.2) is 4.98 Å². The van der Waals surface area contributed by atoms with Crippen LogP contribution in [0.1, 0.15) is 5.56 Å². The second-order valence-electron chi connectivity index (χ2n) is 4.50. The second kappa shape index (κ2) is 6.09. The minimum Gasteiger partial charge on any atom is -0.497 e. The highest BCUT2D eigenvalue weighted by molar-refractivity contribution is 5.48. The summed E-state index contributed by atoms with van der Waals surface area (Å²) in [5, 5.41) is 3.34. The van der Waals surface area contributed by atoms with Gasteiger partial charge in [0.15, 0.2) is 0 Å². The standard InChI is InChI=1S/C15H19N3O/c1-18(2)15-9-6-13(11-17-15)16-10-12-4-7-14(19-3)8-5-12/h4-9,11,16H,10H2,1-3H3. The summed E-state index contributed by atoms with van der Waals surface area (Å²) in [6.45, 7) is 0.771. The molecule has 0 atom stereocenters. The molecule has 0 aliphatic rings. The van der Waals surface area contributed by atoms with Gasteiger partial charge in [-0.15, -0.1) is 0 Å². The molecule has 1 aromatic carbocycles. The van der Waals surface area contributed by atoms with Crippen molar-refractivity contribution in [3.63, 3.8) is 0 Å². The molecule has 2 aromatic rings. The first-order chi connectivity index (χ1) is 9.19. The van der Waals surface area contributed by atoms with Gasteiger partial charge in [0.05, 0.1) is 19.0 Å². The summed E-state index contributed by atoms with van der Waals surface area (Å²) in [7, 11) is 5.63. The van der Waals surface area contributed by atoms with E-state index in [0.29, 0.717) is 0 Å². The van der Waals surface area contributed by atoms with Crippen LogP contribution >= 0.6 is 0 Å². The lowest BCUT2D eigenvalue weighted by atomic mass is 10.2. The normalized spacial score (nSPS) is 10.1. The maximum atomic E-state index is 5.13. The Morgan fingerprint density at radius 2 is 1.84 bits per heavy atom. The summed E-state index contributed by atoms with van der Waals surface area (Å²) in [6, 6.07) is 12.1. The van der Waals surface area contributed by atoms with Crippen molar-refractivity contribution in [3.05, 3.63) is 48.2 Å². The van der Waals surface area contributed by atoms with Crippen LogP contribution < -0.4 is 15.0 Å². The van der Waals surface area contributed by atoms with Gasteiger partial charge in [0.25, 0.3) is 0 Å². The first-order valence-electron chi connectivity index (χ1n) is 6.19. The zero-order valence-corrected chi connectivity index (χ0v) is 11.6. The number of hydrogen-bond acceptors (Lipinski definition) is 4.